The van der Waals surface area contributed by atoms with Crippen LogP contribution in [-0.4, -0.2) is 62.0 Å². The van der Waals surface area contributed by atoms with Crippen molar-refractivity contribution in [3.63, 3.8) is 0 Å². The molecule has 4 heteroatoms. The van der Waals surface area contributed by atoms with E-state index in [1.54, 1.807) is 0 Å². The number of nitrogens with zero attached hydrogens (tertiary/aromatic N) is 1. The molecule has 0 radical (unpaired) electrons. The zero-order chi connectivity index (χ0) is 9.68. The molecule has 0 aromatic carbocycles. The molecule has 13 heavy (non-hydrogen) atoms. The van der Waals surface area contributed by atoms with Crippen LogP contribution in [0.4, 0.5) is 0 Å². The molecule has 0 saturated carbocycles. The summed E-state index contributed by atoms with van der Waals surface area (Å²) in [4.78, 5) is 2.25. The summed E-state index contributed by atoms with van der Waals surface area (Å²) < 4.78 is 5.54. The molecule has 0 spiro atoms. The summed E-state index contributed by atoms with van der Waals surface area (Å²) in [6.45, 7) is 6.10. The lowest BCUT2D eigenvalue weighted by Gasteiger charge is -2.33. The second kappa shape index (κ2) is 5.54. The lowest BCUT2D eigenvalue weighted by molar-refractivity contribution is -0.0367. The molecule has 0 amide bonds. The number of hydrogen-bond donors (Lipinski definition) is 2. The van der Waals surface area contributed by atoms with Crippen LogP contribution in [0, 0.1) is 0 Å². The highest BCUT2D eigenvalue weighted by Crippen LogP contribution is 2.04. The average Bonchev–Trinajstić information content (AvgIpc) is 2.04. The van der Waals surface area contributed by atoms with Gasteiger partial charge in [-0.2, -0.15) is 0 Å². The van der Waals surface area contributed by atoms with Crippen LogP contribution in [0.2, 0.25) is 0 Å². The number of aliphatic hydroxyl groups excluding tert-OH is 1. The van der Waals surface area contributed by atoms with Crippen molar-refractivity contribution in [2.45, 2.75) is 19.1 Å². The van der Waals surface area contributed by atoms with Gasteiger partial charge in [0.1, 0.15) is 0 Å². The number of likely N-dealkylation sites (N-methyl/N-ethyl adjacent to an activating group) is 1. The standard InChI is InChI=1S/C9H20N2O2/c1-8(12)6-11-3-4-13-9(7-11)5-10-2/h8-10,12H,3-7H2,1-2H3. The third-order valence-electron chi connectivity index (χ3n) is 2.18. The first-order chi connectivity index (χ1) is 6.22. The molecule has 1 heterocycles. The van der Waals surface area contributed by atoms with Gasteiger partial charge in [-0.3, -0.25) is 4.90 Å². The number of morpholine rings is 1. The Morgan fingerprint density at radius 1 is 1.69 bits per heavy atom. The number of β-amino-alcohol motifs (C(OH)–C–C–N with tert-alkyl or cyclic N) is 1. The highest BCUT2D eigenvalue weighted by atomic mass is 16.5. The van der Waals surface area contributed by atoms with Crippen molar-refractivity contribution in [2.24, 2.45) is 0 Å². The monoisotopic (exact) mass is 188 g/mol. The summed E-state index contributed by atoms with van der Waals surface area (Å²) in [5, 5.41) is 12.3. The molecule has 4 nitrogen and oxygen atoms in total. The fourth-order valence-corrected chi connectivity index (χ4v) is 1.67. The molecule has 2 N–H and O–H groups in total. The Bertz CT molecular complexity index is 140. The first kappa shape index (κ1) is 10.9. The van der Waals surface area contributed by atoms with E-state index >= 15 is 0 Å². The third-order valence-corrected chi connectivity index (χ3v) is 2.18. The minimum atomic E-state index is -0.242. The summed E-state index contributed by atoms with van der Waals surface area (Å²) in [5.41, 5.74) is 0. The fourth-order valence-electron chi connectivity index (χ4n) is 1.67. The smallest absolute Gasteiger partial charge is 0.0826 e. The lowest BCUT2D eigenvalue weighted by atomic mass is 10.2. The van der Waals surface area contributed by atoms with Crippen LogP contribution < -0.4 is 5.32 Å². The van der Waals surface area contributed by atoms with Gasteiger partial charge in [0.15, 0.2) is 0 Å². The molecule has 1 rings (SSSR count). The van der Waals surface area contributed by atoms with Crippen LogP contribution in [-0.2, 0) is 4.74 Å². The second-order valence-electron chi connectivity index (χ2n) is 3.66. The Balaban J connectivity index is 2.24. The van der Waals surface area contributed by atoms with Crippen molar-refractivity contribution in [1.82, 2.24) is 10.2 Å². The third kappa shape index (κ3) is 4.04. The molecule has 0 aliphatic carbocycles. The molecule has 1 saturated heterocycles. The normalized spacial score (nSPS) is 27.5. The number of nitrogens with one attached hydrogen (secondary N) is 1. The number of hydrogen-bond acceptors (Lipinski definition) is 4. The Morgan fingerprint density at radius 2 is 2.46 bits per heavy atom. The van der Waals surface area contributed by atoms with Crippen LogP contribution >= 0.6 is 0 Å². The van der Waals surface area contributed by atoms with E-state index in [1.165, 1.54) is 0 Å². The first-order valence-corrected chi connectivity index (χ1v) is 4.89. The van der Waals surface area contributed by atoms with E-state index in [0.717, 1.165) is 32.8 Å². The van der Waals surface area contributed by atoms with Crippen molar-refractivity contribution in [3.8, 4) is 0 Å². The fraction of sp³-hybridized carbons (Fsp3) is 1.00. The van der Waals surface area contributed by atoms with Crippen LogP contribution in [0.5, 0.6) is 0 Å². The van der Waals surface area contributed by atoms with Gasteiger partial charge in [0.05, 0.1) is 18.8 Å². The molecule has 1 fully saturated rings. The van der Waals surface area contributed by atoms with E-state index in [2.05, 4.69) is 10.2 Å². The van der Waals surface area contributed by atoms with Crippen LogP contribution in [0.15, 0.2) is 0 Å². The van der Waals surface area contributed by atoms with E-state index in [4.69, 9.17) is 4.74 Å². The van der Waals surface area contributed by atoms with Gasteiger partial charge < -0.3 is 15.2 Å². The minimum absolute atomic E-state index is 0.242. The molecule has 0 aromatic heterocycles. The Kier molecular flexibility index (Phi) is 4.66. The lowest BCUT2D eigenvalue weighted by Crippen LogP contribution is -2.48. The highest BCUT2D eigenvalue weighted by Gasteiger charge is 2.20. The first-order valence-electron chi connectivity index (χ1n) is 4.89. The maximum absolute atomic E-state index is 9.22. The van der Waals surface area contributed by atoms with Crippen LogP contribution in [0.25, 0.3) is 0 Å². The molecule has 2 atom stereocenters. The number of ether oxygens (including phenoxy) is 1. The summed E-state index contributed by atoms with van der Waals surface area (Å²) >= 11 is 0. The van der Waals surface area contributed by atoms with E-state index in [0.29, 0.717) is 0 Å². The van der Waals surface area contributed by atoms with Gasteiger partial charge in [0, 0.05) is 26.2 Å². The van der Waals surface area contributed by atoms with Crippen molar-refractivity contribution in [3.05, 3.63) is 0 Å². The summed E-state index contributed by atoms with van der Waals surface area (Å²) in [7, 11) is 1.93. The van der Waals surface area contributed by atoms with Gasteiger partial charge in [-0.05, 0) is 14.0 Å². The van der Waals surface area contributed by atoms with Gasteiger partial charge in [-0.1, -0.05) is 0 Å². The zero-order valence-electron chi connectivity index (χ0n) is 8.49. The van der Waals surface area contributed by atoms with E-state index in [-0.39, 0.29) is 12.2 Å². The van der Waals surface area contributed by atoms with Crippen molar-refractivity contribution < 1.29 is 9.84 Å². The van der Waals surface area contributed by atoms with Crippen molar-refractivity contribution >= 4 is 0 Å². The SMILES string of the molecule is CNCC1CN(CC(C)O)CCO1. The van der Waals surface area contributed by atoms with E-state index < -0.39 is 0 Å². The van der Waals surface area contributed by atoms with Gasteiger partial charge in [-0.15, -0.1) is 0 Å². The van der Waals surface area contributed by atoms with Crippen LogP contribution in [0.1, 0.15) is 6.92 Å². The minimum Gasteiger partial charge on any atom is -0.392 e. The second-order valence-corrected chi connectivity index (χ2v) is 3.66. The predicted molar refractivity (Wildman–Crippen MR) is 51.8 cm³/mol. The maximum atomic E-state index is 9.22. The number of aliphatic hydroxyl groups is 1. The van der Waals surface area contributed by atoms with E-state index in [9.17, 15) is 5.11 Å². The predicted octanol–water partition coefficient (Wildman–Crippen LogP) is -0.713. The van der Waals surface area contributed by atoms with Gasteiger partial charge in [0.2, 0.25) is 0 Å². The Labute approximate surface area is 79.9 Å². The summed E-state index contributed by atoms with van der Waals surface area (Å²) in [6.07, 6.45) is 0.0332. The van der Waals surface area contributed by atoms with Crippen molar-refractivity contribution in [1.29, 1.82) is 0 Å². The molecule has 78 valence electrons. The Morgan fingerprint density at radius 3 is 3.08 bits per heavy atom. The summed E-state index contributed by atoms with van der Waals surface area (Å²) in [6, 6.07) is 0. The van der Waals surface area contributed by atoms with E-state index in [1.807, 2.05) is 14.0 Å². The zero-order valence-corrected chi connectivity index (χ0v) is 8.49. The van der Waals surface area contributed by atoms with Gasteiger partial charge in [0.25, 0.3) is 0 Å². The van der Waals surface area contributed by atoms with Crippen LogP contribution in [0.3, 0.4) is 0 Å². The number of rotatable bonds is 4. The largest absolute Gasteiger partial charge is 0.392 e. The molecule has 0 aromatic rings. The summed E-state index contributed by atoms with van der Waals surface area (Å²) in [5.74, 6) is 0. The molecule has 1 aliphatic rings. The molecule has 2 unspecified atom stereocenters. The van der Waals surface area contributed by atoms with Crippen molar-refractivity contribution in [2.75, 3.05) is 39.8 Å². The quantitative estimate of drug-likeness (QED) is 0.611. The molecular formula is C9H20N2O2. The maximum Gasteiger partial charge on any atom is 0.0826 e. The molecule has 1 aliphatic heterocycles. The molecular weight excluding hydrogens is 168 g/mol. The average molecular weight is 188 g/mol. The Hall–Kier alpha value is -0.160. The van der Waals surface area contributed by atoms with Gasteiger partial charge in [-0.25, -0.2) is 0 Å². The molecule has 0 bridgehead atoms. The highest BCUT2D eigenvalue weighted by molar-refractivity contribution is 4.73. The topological polar surface area (TPSA) is 44.7 Å². The van der Waals surface area contributed by atoms with Gasteiger partial charge >= 0.3 is 0 Å².